The van der Waals surface area contributed by atoms with Gasteiger partial charge < -0.3 is 20.6 Å². The summed E-state index contributed by atoms with van der Waals surface area (Å²) in [7, 11) is 0. The lowest BCUT2D eigenvalue weighted by atomic mass is 10.0. The molecule has 1 aliphatic heterocycles. The summed E-state index contributed by atoms with van der Waals surface area (Å²) >= 11 is 0. The molecule has 1 aliphatic rings. The second kappa shape index (κ2) is 5.24. The number of hydrogen-bond donors (Lipinski definition) is 2. The molecule has 0 spiro atoms. The minimum atomic E-state index is -0.749. The lowest BCUT2D eigenvalue weighted by Crippen LogP contribution is -2.53. The van der Waals surface area contributed by atoms with E-state index in [4.69, 9.17) is 15.7 Å². The van der Waals surface area contributed by atoms with Crippen molar-refractivity contribution in [2.45, 2.75) is 19.4 Å². The Labute approximate surface area is 115 Å². The maximum Gasteiger partial charge on any atom is 0.170 e. The van der Waals surface area contributed by atoms with Crippen molar-refractivity contribution in [2.24, 2.45) is 10.9 Å². The molecule has 0 bridgehead atoms. The van der Waals surface area contributed by atoms with E-state index >= 15 is 0 Å². The predicted octanol–water partition coefficient (Wildman–Crippen LogP) is 1.67. The van der Waals surface area contributed by atoms with Crippen LogP contribution in [-0.2, 0) is 4.74 Å². The zero-order valence-electron chi connectivity index (χ0n) is 11.4. The van der Waals surface area contributed by atoms with Crippen LogP contribution in [0.15, 0.2) is 17.3 Å². The number of anilines is 1. The van der Waals surface area contributed by atoms with Gasteiger partial charge in [0, 0.05) is 12.1 Å². The molecule has 7 heteroatoms. The molecule has 0 atom stereocenters. The van der Waals surface area contributed by atoms with Gasteiger partial charge in [0.05, 0.1) is 18.8 Å². The maximum atomic E-state index is 14.2. The number of ether oxygens (including phenoxy) is 1. The quantitative estimate of drug-likeness (QED) is 0.375. The normalized spacial score (nSPS) is 19.2. The van der Waals surface area contributed by atoms with Gasteiger partial charge in [0.15, 0.2) is 5.84 Å². The SMILES string of the molecule is CC1(C)COCCN1c1c(F)cc(C(N)=NO)cc1F. The van der Waals surface area contributed by atoms with Crippen LogP contribution in [-0.4, -0.2) is 36.3 Å². The van der Waals surface area contributed by atoms with Gasteiger partial charge >= 0.3 is 0 Å². The molecule has 110 valence electrons. The fourth-order valence-electron chi connectivity index (χ4n) is 2.30. The van der Waals surface area contributed by atoms with E-state index in [1.807, 2.05) is 13.8 Å². The second-order valence-corrected chi connectivity index (χ2v) is 5.29. The van der Waals surface area contributed by atoms with Crippen molar-refractivity contribution in [1.82, 2.24) is 0 Å². The van der Waals surface area contributed by atoms with Crippen molar-refractivity contribution in [3.05, 3.63) is 29.3 Å². The van der Waals surface area contributed by atoms with E-state index in [0.29, 0.717) is 19.8 Å². The molecular formula is C13H17F2N3O2. The summed E-state index contributed by atoms with van der Waals surface area (Å²) < 4.78 is 33.8. The van der Waals surface area contributed by atoms with Crippen molar-refractivity contribution in [3.63, 3.8) is 0 Å². The molecule has 2 rings (SSSR count). The van der Waals surface area contributed by atoms with Gasteiger partial charge in [-0.3, -0.25) is 0 Å². The van der Waals surface area contributed by atoms with Crippen molar-refractivity contribution in [3.8, 4) is 0 Å². The molecule has 5 nitrogen and oxygen atoms in total. The highest BCUT2D eigenvalue weighted by molar-refractivity contribution is 5.97. The molecule has 0 aliphatic carbocycles. The lowest BCUT2D eigenvalue weighted by molar-refractivity contribution is 0.0635. The van der Waals surface area contributed by atoms with E-state index in [1.165, 1.54) is 0 Å². The minimum absolute atomic E-state index is 0.00249. The van der Waals surface area contributed by atoms with Crippen molar-refractivity contribution in [2.75, 3.05) is 24.7 Å². The first-order valence-corrected chi connectivity index (χ1v) is 6.19. The summed E-state index contributed by atoms with van der Waals surface area (Å²) in [6.45, 7) is 4.88. The van der Waals surface area contributed by atoms with Crippen LogP contribution < -0.4 is 10.6 Å². The fourth-order valence-corrected chi connectivity index (χ4v) is 2.30. The molecule has 1 saturated heterocycles. The molecule has 3 N–H and O–H groups in total. The van der Waals surface area contributed by atoms with Gasteiger partial charge in [-0.15, -0.1) is 0 Å². The topological polar surface area (TPSA) is 71.1 Å². The van der Waals surface area contributed by atoms with Crippen LogP contribution in [0.25, 0.3) is 0 Å². The summed E-state index contributed by atoms with van der Waals surface area (Å²) in [4.78, 5) is 1.64. The van der Waals surface area contributed by atoms with E-state index in [2.05, 4.69) is 5.16 Å². The van der Waals surface area contributed by atoms with E-state index in [0.717, 1.165) is 12.1 Å². The van der Waals surface area contributed by atoms with E-state index in [-0.39, 0.29) is 17.1 Å². The van der Waals surface area contributed by atoms with Gasteiger partial charge in [-0.2, -0.15) is 0 Å². The van der Waals surface area contributed by atoms with Crippen molar-refractivity contribution >= 4 is 11.5 Å². The van der Waals surface area contributed by atoms with Crippen LogP contribution in [0.3, 0.4) is 0 Å². The Bertz CT molecular complexity index is 523. The van der Waals surface area contributed by atoms with Gasteiger partial charge in [0.25, 0.3) is 0 Å². The summed E-state index contributed by atoms with van der Waals surface area (Å²) in [5, 5.41) is 11.3. The monoisotopic (exact) mass is 285 g/mol. The zero-order chi connectivity index (χ0) is 14.9. The van der Waals surface area contributed by atoms with Gasteiger partial charge in [0.1, 0.15) is 17.3 Å². The summed E-state index contributed by atoms with van der Waals surface area (Å²) in [6.07, 6.45) is 0. The van der Waals surface area contributed by atoms with Gasteiger partial charge in [-0.05, 0) is 26.0 Å². The van der Waals surface area contributed by atoms with Crippen LogP contribution in [0.2, 0.25) is 0 Å². The third-order valence-corrected chi connectivity index (χ3v) is 3.34. The first-order chi connectivity index (χ1) is 9.36. The summed E-state index contributed by atoms with van der Waals surface area (Å²) in [6, 6.07) is 2.11. The number of amidine groups is 1. The highest BCUT2D eigenvalue weighted by Gasteiger charge is 2.34. The number of rotatable bonds is 2. The Morgan fingerprint density at radius 2 is 2.00 bits per heavy atom. The number of nitrogens with zero attached hydrogens (tertiary/aromatic N) is 2. The van der Waals surface area contributed by atoms with Crippen LogP contribution in [0, 0.1) is 11.6 Å². The van der Waals surface area contributed by atoms with Crippen LogP contribution in [0.4, 0.5) is 14.5 Å². The summed E-state index contributed by atoms with van der Waals surface area (Å²) in [5.74, 6) is -1.83. The molecule has 0 radical (unpaired) electrons. The number of benzene rings is 1. The molecule has 0 unspecified atom stereocenters. The summed E-state index contributed by atoms with van der Waals surface area (Å²) in [5.41, 5.74) is 4.71. The smallest absolute Gasteiger partial charge is 0.170 e. The Morgan fingerprint density at radius 1 is 1.40 bits per heavy atom. The van der Waals surface area contributed by atoms with Gasteiger partial charge in [-0.1, -0.05) is 5.16 Å². The van der Waals surface area contributed by atoms with Crippen molar-refractivity contribution in [1.29, 1.82) is 0 Å². The average Bonchev–Trinajstić information content (AvgIpc) is 2.38. The molecule has 1 fully saturated rings. The largest absolute Gasteiger partial charge is 0.409 e. The molecule has 0 saturated carbocycles. The Kier molecular flexibility index (Phi) is 3.80. The average molecular weight is 285 g/mol. The van der Waals surface area contributed by atoms with Crippen LogP contribution in [0.1, 0.15) is 19.4 Å². The van der Waals surface area contributed by atoms with E-state index in [1.54, 1.807) is 4.90 Å². The molecule has 1 heterocycles. The number of nitrogens with two attached hydrogens (primary N) is 1. The van der Waals surface area contributed by atoms with Gasteiger partial charge in [0.2, 0.25) is 0 Å². The standard InChI is InChI=1S/C13H17F2N3O2/c1-13(2)7-20-4-3-18(13)11-9(14)5-8(6-10(11)15)12(16)17-19/h5-6,19H,3-4,7H2,1-2H3,(H2,16,17). The Hall–Kier alpha value is -1.89. The minimum Gasteiger partial charge on any atom is -0.409 e. The Balaban J connectivity index is 2.47. The molecular weight excluding hydrogens is 268 g/mol. The van der Waals surface area contributed by atoms with E-state index in [9.17, 15) is 8.78 Å². The lowest BCUT2D eigenvalue weighted by Gasteiger charge is -2.43. The molecule has 0 aromatic heterocycles. The number of morpholine rings is 1. The van der Waals surface area contributed by atoms with Crippen LogP contribution in [0.5, 0.6) is 0 Å². The first kappa shape index (κ1) is 14.5. The first-order valence-electron chi connectivity index (χ1n) is 6.19. The third-order valence-electron chi connectivity index (χ3n) is 3.34. The highest BCUT2D eigenvalue weighted by Crippen LogP contribution is 2.32. The highest BCUT2D eigenvalue weighted by atomic mass is 19.1. The maximum absolute atomic E-state index is 14.2. The third kappa shape index (κ3) is 2.53. The molecule has 20 heavy (non-hydrogen) atoms. The number of halogens is 2. The second-order valence-electron chi connectivity index (χ2n) is 5.29. The van der Waals surface area contributed by atoms with Crippen molar-refractivity contribution < 1.29 is 18.7 Å². The van der Waals surface area contributed by atoms with Crippen LogP contribution >= 0.6 is 0 Å². The molecule has 1 aromatic carbocycles. The Morgan fingerprint density at radius 3 is 2.50 bits per heavy atom. The number of oxime groups is 1. The fraction of sp³-hybridized carbons (Fsp3) is 0.462. The molecule has 0 amide bonds. The number of hydrogen-bond acceptors (Lipinski definition) is 4. The van der Waals surface area contributed by atoms with E-state index < -0.39 is 17.2 Å². The zero-order valence-corrected chi connectivity index (χ0v) is 11.4. The van der Waals surface area contributed by atoms with Gasteiger partial charge in [-0.25, -0.2) is 8.78 Å². The molecule has 1 aromatic rings. The predicted molar refractivity (Wildman–Crippen MR) is 71.1 cm³/mol.